The van der Waals surface area contributed by atoms with E-state index in [-0.39, 0.29) is 11.7 Å². The van der Waals surface area contributed by atoms with Crippen LogP contribution >= 0.6 is 35.0 Å². The van der Waals surface area contributed by atoms with E-state index in [0.717, 1.165) is 31.1 Å². The number of anilines is 1. The molecule has 162 valence electrons. The lowest BCUT2D eigenvalue weighted by molar-refractivity contribution is -0.113. The monoisotopic (exact) mass is 475 g/mol. The first-order valence-electron chi connectivity index (χ1n) is 10.2. The molecule has 31 heavy (non-hydrogen) atoms. The quantitative estimate of drug-likeness (QED) is 0.470. The maximum atomic E-state index is 12.5. The highest BCUT2D eigenvalue weighted by molar-refractivity contribution is 7.99. The van der Waals surface area contributed by atoms with E-state index in [2.05, 4.69) is 20.4 Å². The lowest BCUT2D eigenvalue weighted by Gasteiger charge is -2.26. The molecule has 1 aliphatic heterocycles. The number of amides is 1. The fourth-order valence-corrected chi connectivity index (χ4v) is 4.67. The molecule has 2 aromatic carbocycles. The Morgan fingerprint density at radius 2 is 1.81 bits per heavy atom. The first kappa shape index (κ1) is 22.1. The van der Waals surface area contributed by atoms with Gasteiger partial charge in [-0.1, -0.05) is 59.6 Å². The van der Waals surface area contributed by atoms with Crippen LogP contribution in [0.15, 0.2) is 53.7 Å². The maximum Gasteiger partial charge on any atom is 0.234 e. The number of rotatable bonds is 7. The summed E-state index contributed by atoms with van der Waals surface area (Å²) in [4.78, 5) is 14.9. The summed E-state index contributed by atoms with van der Waals surface area (Å²) in [6, 6.07) is 15.0. The maximum absolute atomic E-state index is 12.5. The molecule has 1 amide bonds. The molecule has 0 radical (unpaired) electrons. The molecule has 1 aliphatic rings. The number of benzene rings is 2. The number of nitrogens with zero attached hydrogens (tertiary/aromatic N) is 4. The summed E-state index contributed by atoms with van der Waals surface area (Å²) in [6.07, 6.45) is 3.72. The lowest BCUT2D eigenvalue weighted by Crippen LogP contribution is -2.30. The molecule has 6 nitrogen and oxygen atoms in total. The van der Waals surface area contributed by atoms with Gasteiger partial charge >= 0.3 is 0 Å². The molecule has 0 unspecified atom stereocenters. The van der Waals surface area contributed by atoms with Crippen LogP contribution in [-0.4, -0.2) is 44.4 Å². The zero-order valence-electron chi connectivity index (χ0n) is 16.9. The molecule has 0 bridgehead atoms. The second kappa shape index (κ2) is 10.5. The number of carbonyl (C=O) groups excluding carboxylic acids is 1. The molecule has 0 saturated carbocycles. The van der Waals surface area contributed by atoms with Crippen LogP contribution in [0.3, 0.4) is 0 Å². The molecular weight excluding hydrogens is 453 g/mol. The van der Waals surface area contributed by atoms with Crippen LogP contribution in [-0.2, 0) is 11.3 Å². The van der Waals surface area contributed by atoms with Crippen molar-refractivity contribution in [2.45, 2.75) is 31.0 Å². The Morgan fingerprint density at radius 3 is 2.58 bits per heavy atom. The van der Waals surface area contributed by atoms with Gasteiger partial charge in [0.1, 0.15) is 0 Å². The molecule has 1 aromatic heterocycles. The van der Waals surface area contributed by atoms with Crippen LogP contribution in [0.4, 0.5) is 5.69 Å². The van der Waals surface area contributed by atoms with Crippen molar-refractivity contribution >= 4 is 46.6 Å². The lowest BCUT2D eigenvalue weighted by atomic mass is 10.1. The van der Waals surface area contributed by atoms with Crippen molar-refractivity contribution in [3.05, 3.63) is 64.4 Å². The van der Waals surface area contributed by atoms with Gasteiger partial charge in [-0.05, 0) is 56.3 Å². The van der Waals surface area contributed by atoms with E-state index in [1.54, 1.807) is 18.2 Å². The Morgan fingerprint density at radius 1 is 1.03 bits per heavy atom. The van der Waals surface area contributed by atoms with Gasteiger partial charge in [0.15, 0.2) is 11.0 Å². The van der Waals surface area contributed by atoms with Gasteiger partial charge in [0.05, 0.1) is 23.0 Å². The van der Waals surface area contributed by atoms with Crippen molar-refractivity contribution in [1.29, 1.82) is 0 Å². The van der Waals surface area contributed by atoms with Crippen molar-refractivity contribution in [1.82, 2.24) is 19.7 Å². The average Bonchev–Trinajstić information content (AvgIpc) is 3.18. The smallest absolute Gasteiger partial charge is 0.234 e. The number of halogens is 2. The van der Waals surface area contributed by atoms with Crippen LogP contribution in [0.25, 0.3) is 5.69 Å². The van der Waals surface area contributed by atoms with Gasteiger partial charge < -0.3 is 5.32 Å². The number of carbonyl (C=O) groups is 1. The van der Waals surface area contributed by atoms with Gasteiger partial charge in [-0.25, -0.2) is 0 Å². The number of hydrogen-bond donors (Lipinski definition) is 1. The topological polar surface area (TPSA) is 63.1 Å². The van der Waals surface area contributed by atoms with Crippen LogP contribution in [0, 0.1) is 0 Å². The number of nitrogens with one attached hydrogen (secondary N) is 1. The summed E-state index contributed by atoms with van der Waals surface area (Å²) < 4.78 is 2.04. The van der Waals surface area contributed by atoms with Gasteiger partial charge in [-0.3, -0.25) is 14.3 Å². The predicted octanol–water partition coefficient (Wildman–Crippen LogP) is 5.29. The summed E-state index contributed by atoms with van der Waals surface area (Å²) in [5.41, 5.74) is 1.48. The van der Waals surface area contributed by atoms with Gasteiger partial charge in [0.25, 0.3) is 0 Å². The highest BCUT2D eigenvalue weighted by atomic mass is 35.5. The minimum Gasteiger partial charge on any atom is -0.324 e. The minimum atomic E-state index is -0.186. The van der Waals surface area contributed by atoms with Crippen molar-refractivity contribution in [2.75, 3.05) is 24.2 Å². The number of para-hydroxylation sites is 1. The average molecular weight is 476 g/mol. The SMILES string of the molecule is O=C(CSc1nnc(CN2CCCCC2)n1-c1ccccc1)Nc1cc(Cl)ccc1Cl. The summed E-state index contributed by atoms with van der Waals surface area (Å²) in [7, 11) is 0. The summed E-state index contributed by atoms with van der Waals surface area (Å²) in [6.45, 7) is 2.90. The second-order valence-electron chi connectivity index (χ2n) is 7.37. The zero-order valence-corrected chi connectivity index (χ0v) is 19.3. The summed E-state index contributed by atoms with van der Waals surface area (Å²) >= 11 is 13.5. The molecular formula is C22H23Cl2N5OS. The van der Waals surface area contributed by atoms with E-state index in [0.29, 0.717) is 20.9 Å². The van der Waals surface area contributed by atoms with Crippen LogP contribution in [0.2, 0.25) is 10.0 Å². The number of aromatic nitrogens is 3. The number of hydrogen-bond acceptors (Lipinski definition) is 5. The van der Waals surface area contributed by atoms with Gasteiger partial charge in [0, 0.05) is 10.7 Å². The second-order valence-corrected chi connectivity index (χ2v) is 9.15. The van der Waals surface area contributed by atoms with Crippen LogP contribution in [0.5, 0.6) is 0 Å². The molecule has 9 heteroatoms. The molecule has 2 heterocycles. The Hall–Kier alpha value is -2.06. The Kier molecular flexibility index (Phi) is 7.50. The van der Waals surface area contributed by atoms with Crippen molar-refractivity contribution in [3.8, 4) is 5.69 Å². The van der Waals surface area contributed by atoms with Crippen molar-refractivity contribution in [3.63, 3.8) is 0 Å². The minimum absolute atomic E-state index is 0.178. The molecule has 0 aliphatic carbocycles. The zero-order chi connectivity index (χ0) is 21.6. The van der Waals surface area contributed by atoms with E-state index in [9.17, 15) is 4.79 Å². The van der Waals surface area contributed by atoms with Crippen LogP contribution < -0.4 is 5.32 Å². The fourth-order valence-electron chi connectivity index (χ4n) is 3.56. The highest BCUT2D eigenvalue weighted by Gasteiger charge is 2.19. The fraction of sp³-hybridized carbons (Fsp3) is 0.318. The largest absolute Gasteiger partial charge is 0.324 e. The van der Waals surface area contributed by atoms with Gasteiger partial charge in [0.2, 0.25) is 5.91 Å². The first-order valence-corrected chi connectivity index (χ1v) is 11.9. The molecule has 3 aromatic rings. The number of thioether (sulfide) groups is 1. The molecule has 0 spiro atoms. The summed E-state index contributed by atoms with van der Waals surface area (Å²) in [5.74, 6) is 0.876. The third-order valence-corrected chi connectivity index (χ3v) is 6.56. The van der Waals surface area contributed by atoms with E-state index in [1.807, 2.05) is 34.9 Å². The van der Waals surface area contributed by atoms with Gasteiger partial charge in [-0.2, -0.15) is 0 Å². The highest BCUT2D eigenvalue weighted by Crippen LogP contribution is 2.27. The van der Waals surface area contributed by atoms with E-state index in [4.69, 9.17) is 23.2 Å². The molecule has 1 saturated heterocycles. The predicted molar refractivity (Wildman–Crippen MR) is 126 cm³/mol. The molecule has 0 atom stereocenters. The number of likely N-dealkylation sites (tertiary alicyclic amines) is 1. The van der Waals surface area contributed by atoms with E-state index < -0.39 is 0 Å². The first-order chi connectivity index (χ1) is 15.1. The van der Waals surface area contributed by atoms with Crippen molar-refractivity contribution in [2.24, 2.45) is 0 Å². The Bertz CT molecular complexity index is 1040. The third-order valence-electron chi connectivity index (χ3n) is 5.06. The Labute approximate surface area is 195 Å². The molecule has 1 fully saturated rings. The van der Waals surface area contributed by atoms with Crippen LogP contribution in [0.1, 0.15) is 25.1 Å². The third kappa shape index (κ3) is 5.80. The molecule has 4 rings (SSSR count). The number of piperidine rings is 1. The Balaban J connectivity index is 1.49. The van der Waals surface area contributed by atoms with E-state index >= 15 is 0 Å². The van der Waals surface area contributed by atoms with E-state index in [1.165, 1.54) is 31.0 Å². The standard InChI is InChI=1S/C22H23Cl2N5OS/c23-16-9-10-18(24)19(13-16)25-21(30)15-31-22-27-26-20(14-28-11-5-2-6-12-28)29(22)17-7-3-1-4-8-17/h1,3-4,7-10,13H,2,5-6,11-12,14-15H2,(H,25,30). The van der Waals surface area contributed by atoms with Crippen molar-refractivity contribution < 1.29 is 4.79 Å². The summed E-state index contributed by atoms with van der Waals surface area (Å²) in [5, 5.41) is 13.3. The van der Waals surface area contributed by atoms with Gasteiger partial charge in [-0.15, -0.1) is 10.2 Å². The molecule has 1 N–H and O–H groups in total. The normalized spacial score (nSPS) is 14.5.